The maximum Gasteiger partial charge on any atom is 0.323 e. The van der Waals surface area contributed by atoms with Crippen molar-refractivity contribution in [2.24, 2.45) is 0 Å². The summed E-state index contributed by atoms with van der Waals surface area (Å²) in [6, 6.07) is 18.0. The van der Waals surface area contributed by atoms with Crippen molar-refractivity contribution in [3.8, 4) is 0 Å². The highest BCUT2D eigenvalue weighted by molar-refractivity contribution is 5.88. The third kappa shape index (κ3) is 3.21. The van der Waals surface area contributed by atoms with Crippen LogP contribution in [0.3, 0.4) is 0 Å². The Morgan fingerprint density at radius 1 is 1.11 bits per heavy atom. The highest BCUT2D eigenvalue weighted by atomic mass is 16.4. The molecule has 0 saturated carbocycles. The molecule has 2 unspecified atom stereocenters. The van der Waals surface area contributed by atoms with Gasteiger partial charge in [-0.05, 0) is 36.0 Å². The molecule has 0 bridgehead atoms. The molecule has 138 valence electrons. The second-order valence-corrected chi connectivity index (χ2v) is 7.16. The Morgan fingerprint density at radius 2 is 1.81 bits per heavy atom. The first kappa shape index (κ1) is 17.3. The summed E-state index contributed by atoms with van der Waals surface area (Å²) in [7, 11) is 0. The van der Waals surface area contributed by atoms with E-state index < -0.39 is 5.97 Å². The molecule has 1 heterocycles. The quantitative estimate of drug-likeness (QED) is 0.744. The van der Waals surface area contributed by atoms with Gasteiger partial charge in [0.05, 0.1) is 6.04 Å². The van der Waals surface area contributed by atoms with Crippen molar-refractivity contribution < 1.29 is 14.7 Å². The minimum Gasteiger partial charge on any atom is -0.480 e. The summed E-state index contributed by atoms with van der Waals surface area (Å²) < 4.78 is 1.86. The van der Waals surface area contributed by atoms with Gasteiger partial charge in [-0.3, -0.25) is 9.59 Å². The predicted molar refractivity (Wildman–Crippen MR) is 104 cm³/mol. The van der Waals surface area contributed by atoms with Crippen LogP contribution in [-0.2, 0) is 22.6 Å². The number of carboxylic acids is 1. The van der Waals surface area contributed by atoms with Crippen LogP contribution < -0.4 is 5.32 Å². The molecule has 2 aromatic carbocycles. The van der Waals surface area contributed by atoms with Crippen LogP contribution in [0.4, 0.5) is 0 Å². The number of nitrogens with zero attached hydrogens (tertiary/aromatic N) is 1. The third-order valence-corrected chi connectivity index (χ3v) is 5.36. The number of amides is 1. The van der Waals surface area contributed by atoms with E-state index in [9.17, 15) is 14.7 Å². The molecular weight excluding hydrogens is 340 g/mol. The van der Waals surface area contributed by atoms with E-state index in [1.54, 1.807) is 0 Å². The van der Waals surface area contributed by atoms with Gasteiger partial charge in [0.2, 0.25) is 5.91 Å². The second-order valence-electron chi connectivity index (χ2n) is 7.16. The lowest BCUT2D eigenvalue weighted by Crippen LogP contribution is -2.33. The largest absolute Gasteiger partial charge is 0.480 e. The van der Waals surface area contributed by atoms with Crippen LogP contribution >= 0.6 is 0 Å². The lowest BCUT2D eigenvalue weighted by atomic mass is 9.79. The number of benzene rings is 2. The lowest BCUT2D eigenvalue weighted by Gasteiger charge is -2.32. The van der Waals surface area contributed by atoms with Crippen LogP contribution in [0.25, 0.3) is 10.9 Å². The molecule has 0 radical (unpaired) electrons. The average molecular weight is 362 g/mol. The van der Waals surface area contributed by atoms with Gasteiger partial charge in [-0.2, -0.15) is 0 Å². The van der Waals surface area contributed by atoms with Crippen LogP contribution in [-0.4, -0.2) is 21.6 Å². The summed E-state index contributed by atoms with van der Waals surface area (Å²) in [6.07, 6.45) is 1.59. The number of para-hydroxylation sites is 1. The number of nitrogens with one attached hydrogen (secondary N) is 1. The highest BCUT2D eigenvalue weighted by Crippen LogP contribution is 2.43. The summed E-state index contributed by atoms with van der Waals surface area (Å²) in [6.45, 7) is 1.40. The number of fused-ring (bicyclic) bond motifs is 3. The number of carboxylic acid groups (broad SMARTS) is 1. The maximum atomic E-state index is 11.9. The topological polar surface area (TPSA) is 71.3 Å². The number of hydrogen-bond donors (Lipinski definition) is 2. The van der Waals surface area contributed by atoms with Crippen molar-refractivity contribution in [2.75, 3.05) is 0 Å². The molecule has 0 saturated heterocycles. The lowest BCUT2D eigenvalue weighted by molar-refractivity contribution is -0.137. The fourth-order valence-electron chi connectivity index (χ4n) is 4.39. The first-order valence-electron chi connectivity index (χ1n) is 9.18. The first-order chi connectivity index (χ1) is 13.0. The number of aromatic nitrogens is 1. The zero-order chi connectivity index (χ0) is 19.0. The van der Waals surface area contributed by atoms with Gasteiger partial charge in [0.15, 0.2) is 0 Å². The molecule has 5 heteroatoms. The second kappa shape index (κ2) is 6.91. The van der Waals surface area contributed by atoms with Gasteiger partial charge < -0.3 is 15.0 Å². The third-order valence-electron chi connectivity index (χ3n) is 5.36. The summed E-state index contributed by atoms with van der Waals surface area (Å²) >= 11 is 0. The molecule has 1 aliphatic carbocycles. The first-order valence-corrected chi connectivity index (χ1v) is 9.18. The molecule has 0 spiro atoms. The smallest absolute Gasteiger partial charge is 0.323 e. The molecule has 4 rings (SSSR count). The SMILES string of the molecule is CC(=O)NC1CC(c2ccccc2)Cc2c1n(CC(=O)O)c1ccccc21. The molecule has 1 amide bonds. The molecule has 27 heavy (non-hydrogen) atoms. The number of carbonyl (C=O) groups excluding carboxylic acids is 1. The van der Waals surface area contributed by atoms with Crippen LogP contribution in [0.15, 0.2) is 54.6 Å². The molecule has 0 fully saturated rings. The normalized spacial score (nSPS) is 18.9. The minimum absolute atomic E-state index is 0.105. The molecule has 0 aliphatic heterocycles. The van der Waals surface area contributed by atoms with Gasteiger partial charge in [0.1, 0.15) is 6.54 Å². The Labute approximate surface area is 157 Å². The summed E-state index contributed by atoms with van der Waals surface area (Å²) in [5.41, 5.74) is 4.23. The van der Waals surface area contributed by atoms with Gasteiger partial charge in [-0.15, -0.1) is 0 Å². The van der Waals surface area contributed by atoms with Gasteiger partial charge in [-0.1, -0.05) is 48.5 Å². The van der Waals surface area contributed by atoms with E-state index in [0.29, 0.717) is 0 Å². The number of rotatable bonds is 4. The fraction of sp³-hybridized carbons (Fsp3) is 0.273. The van der Waals surface area contributed by atoms with Crippen molar-refractivity contribution in [3.63, 3.8) is 0 Å². The van der Waals surface area contributed by atoms with Crippen LogP contribution in [0.2, 0.25) is 0 Å². The van der Waals surface area contributed by atoms with Crippen LogP contribution in [0.5, 0.6) is 0 Å². The number of hydrogen-bond acceptors (Lipinski definition) is 2. The summed E-state index contributed by atoms with van der Waals surface area (Å²) in [4.78, 5) is 23.4. The molecule has 5 nitrogen and oxygen atoms in total. The Bertz CT molecular complexity index is 1010. The Balaban J connectivity index is 1.89. The van der Waals surface area contributed by atoms with Crippen LogP contribution in [0, 0.1) is 0 Å². The zero-order valence-corrected chi connectivity index (χ0v) is 15.2. The van der Waals surface area contributed by atoms with Crippen molar-refractivity contribution >= 4 is 22.8 Å². The maximum absolute atomic E-state index is 11.9. The van der Waals surface area contributed by atoms with E-state index >= 15 is 0 Å². The number of aliphatic carboxylic acids is 1. The average Bonchev–Trinajstić information content (AvgIpc) is 2.96. The standard InChI is InChI=1S/C22H22N2O3/c1-14(25)23-19-12-16(15-7-3-2-4-8-15)11-18-17-9-5-6-10-20(17)24(22(18)19)13-21(26)27/h2-10,16,19H,11-13H2,1H3,(H,23,25)(H,26,27). The molecule has 2 N–H and O–H groups in total. The fourth-order valence-corrected chi connectivity index (χ4v) is 4.39. The van der Waals surface area contributed by atoms with Crippen LogP contribution in [0.1, 0.15) is 42.1 Å². The summed E-state index contributed by atoms with van der Waals surface area (Å²) in [5, 5.41) is 13.6. The zero-order valence-electron chi connectivity index (χ0n) is 15.2. The predicted octanol–water partition coefficient (Wildman–Crippen LogP) is 3.63. The minimum atomic E-state index is -0.884. The van der Waals surface area contributed by atoms with Gasteiger partial charge in [0.25, 0.3) is 0 Å². The Kier molecular flexibility index (Phi) is 4.44. The van der Waals surface area contributed by atoms with E-state index in [4.69, 9.17) is 0 Å². The van der Waals surface area contributed by atoms with Crippen molar-refractivity contribution in [3.05, 3.63) is 71.4 Å². The van der Waals surface area contributed by atoms with Crippen molar-refractivity contribution in [2.45, 2.75) is 38.3 Å². The summed E-state index contributed by atoms with van der Waals surface area (Å²) in [5.74, 6) is -0.711. The van der Waals surface area contributed by atoms with E-state index in [2.05, 4.69) is 17.4 Å². The van der Waals surface area contributed by atoms with Gasteiger partial charge in [0, 0.05) is 23.5 Å². The van der Waals surface area contributed by atoms with E-state index in [0.717, 1.165) is 35.0 Å². The molecular formula is C22H22N2O3. The Hall–Kier alpha value is -3.08. The molecule has 3 aromatic rings. The van der Waals surface area contributed by atoms with Crippen molar-refractivity contribution in [1.29, 1.82) is 0 Å². The van der Waals surface area contributed by atoms with Gasteiger partial charge in [-0.25, -0.2) is 0 Å². The Morgan fingerprint density at radius 3 is 2.52 bits per heavy atom. The molecule has 1 aromatic heterocycles. The van der Waals surface area contributed by atoms with E-state index in [-0.39, 0.29) is 24.4 Å². The van der Waals surface area contributed by atoms with Gasteiger partial charge >= 0.3 is 5.97 Å². The van der Waals surface area contributed by atoms with E-state index in [1.807, 2.05) is 47.0 Å². The monoisotopic (exact) mass is 362 g/mol. The molecule has 2 atom stereocenters. The van der Waals surface area contributed by atoms with Crippen molar-refractivity contribution in [1.82, 2.24) is 9.88 Å². The van der Waals surface area contributed by atoms with E-state index in [1.165, 1.54) is 12.5 Å². The molecule has 1 aliphatic rings. The number of carbonyl (C=O) groups is 2. The highest BCUT2D eigenvalue weighted by Gasteiger charge is 2.34.